The third-order valence-corrected chi connectivity index (χ3v) is 14.4. The Labute approximate surface area is 297 Å². The van der Waals surface area contributed by atoms with Crippen LogP contribution in [-0.2, 0) is 5.41 Å². The Morgan fingerprint density at radius 1 is 0.380 bits per heavy atom. The highest BCUT2D eigenvalue weighted by atomic mass is 31.1. The van der Waals surface area contributed by atoms with Crippen molar-refractivity contribution in [2.45, 2.75) is 19.3 Å². The van der Waals surface area contributed by atoms with Crippen LogP contribution in [0.2, 0.25) is 0 Å². The summed E-state index contributed by atoms with van der Waals surface area (Å²) in [6.45, 7) is 4.59. The van der Waals surface area contributed by atoms with Crippen LogP contribution in [0.5, 0.6) is 34.5 Å². The second-order valence-electron chi connectivity index (χ2n) is 12.4. The van der Waals surface area contributed by atoms with Crippen molar-refractivity contribution in [2.24, 2.45) is 0 Å². The first-order valence-electron chi connectivity index (χ1n) is 16.5. The third-order valence-electron chi connectivity index (χ3n) is 9.33. The molecule has 1 aliphatic heterocycles. The van der Waals surface area contributed by atoms with Crippen molar-refractivity contribution in [2.75, 3.05) is 28.4 Å². The van der Waals surface area contributed by atoms with E-state index in [0.717, 1.165) is 77.5 Å². The molecule has 0 saturated carbocycles. The summed E-state index contributed by atoms with van der Waals surface area (Å²) in [6, 6.07) is 46.2. The maximum Gasteiger partial charge on any atom is 0.139 e. The van der Waals surface area contributed by atoms with Crippen molar-refractivity contribution in [3.8, 4) is 34.5 Å². The molecule has 50 heavy (non-hydrogen) atoms. The number of ether oxygens (including phenoxy) is 5. The number of benzene rings is 6. The van der Waals surface area contributed by atoms with Crippen molar-refractivity contribution >= 4 is 47.7 Å². The molecule has 7 rings (SSSR count). The number of hydrogen-bond acceptors (Lipinski definition) is 5. The molecule has 6 aromatic rings. The van der Waals surface area contributed by atoms with Gasteiger partial charge in [0.1, 0.15) is 34.5 Å². The average Bonchev–Trinajstić information content (AvgIpc) is 3.16. The summed E-state index contributed by atoms with van der Waals surface area (Å²) in [4.78, 5) is 0. The Morgan fingerprint density at radius 2 is 0.660 bits per heavy atom. The maximum absolute atomic E-state index is 7.39. The Kier molecular flexibility index (Phi) is 9.56. The number of hydrogen-bond donors (Lipinski definition) is 0. The van der Waals surface area contributed by atoms with Gasteiger partial charge >= 0.3 is 0 Å². The van der Waals surface area contributed by atoms with Gasteiger partial charge in [-0.2, -0.15) is 0 Å². The predicted molar refractivity (Wildman–Crippen MR) is 209 cm³/mol. The van der Waals surface area contributed by atoms with E-state index in [1.807, 2.05) is 48.5 Å². The van der Waals surface area contributed by atoms with Gasteiger partial charge < -0.3 is 23.7 Å². The largest absolute Gasteiger partial charge is 0.496 e. The Morgan fingerprint density at radius 3 is 0.960 bits per heavy atom. The first-order chi connectivity index (χ1) is 24.4. The quantitative estimate of drug-likeness (QED) is 0.138. The van der Waals surface area contributed by atoms with Crippen molar-refractivity contribution in [3.05, 3.63) is 145 Å². The third kappa shape index (κ3) is 5.79. The summed E-state index contributed by atoms with van der Waals surface area (Å²) in [5.41, 5.74) is 1.90. The summed E-state index contributed by atoms with van der Waals surface area (Å²) in [7, 11) is 4.56. The van der Waals surface area contributed by atoms with Crippen LogP contribution in [0.4, 0.5) is 0 Å². The molecule has 0 saturated heterocycles. The van der Waals surface area contributed by atoms with E-state index in [2.05, 4.69) is 98.8 Å². The van der Waals surface area contributed by atoms with Crippen LogP contribution in [0.25, 0.3) is 0 Å². The molecule has 0 atom stereocenters. The molecule has 0 aliphatic carbocycles. The Hall–Kier alpha value is -4.82. The molecule has 0 N–H and O–H groups in total. The lowest BCUT2D eigenvalue weighted by molar-refractivity contribution is 0.417. The first kappa shape index (κ1) is 33.7. The molecule has 1 heterocycles. The van der Waals surface area contributed by atoms with E-state index in [0.29, 0.717) is 0 Å². The van der Waals surface area contributed by atoms with Gasteiger partial charge in [0.15, 0.2) is 0 Å². The molecule has 1 aliphatic rings. The van der Waals surface area contributed by atoms with Crippen LogP contribution >= 0.6 is 15.8 Å². The zero-order chi connectivity index (χ0) is 34.8. The van der Waals surface area contributed by atoms with Crippen LogP contribution in [0.15, 0.2) is 133 Å². The van der Waals surface area contributed by atoms with Crippen LogP contribution in [-0.4, -0.2) is 28.4 Å². The van der Waals surface area contributed by atoms with Crippen LogP contribution in [0.3, 0.4) is 0 Å². The number of para-hydroxylation sites is 6. The van der Waals surface area contributed by atoms with Gasteiger partial charge in [0.05, 0.1) is 28.4 Å². The highest BCUT2D eigenvalue weighted by Crippen LogP contribution is 2.53. The fourth-order valence-corrected chi connectivity index (χ4v) is 12.1. The Bertz CT molecular complexity index is 1910. The van der Waals surface area contributed by atoms with Gasteiger partial charge in [0, 0.05) is 48.4 Å². The van der Waals surface area contributed by atoms with Gasteiger partial charge in [-0.3, -0.25) is 0 Å². The van der Waals surface area contributed by atoms with E-state index in [1.165, 1.54) is 0 Å². The molecule has 0 amide bonds. The van der Waals surface area contributed by atoms with Gasteiger partial charge in [-0.1, -0.05) is 123 Å². The standard InChI is InChI=1S/C43H40O5P2/c1-43(2)29-17-15-27-39(49(35-23-11-7-19-31(35)44-3)36-24-12-8-20-32(36)45-4)41(29)48-42-30(43)18-16-28-40(42)50(37-25-13-9-21-33(37)46-5)38-26-14-10-22-34(38)47-6/h7-28H,1-6H3. The molecule has 5 nitrogen and oxygen atoms in total. The second kappa shape index (κ2) is 14.2. The summed E-state index contributed by atoms with van der Waals surface area (Å²) >= 11 is 0. The van der Waals surface area contributed by atoms with Crippen molar-refractivity contribution in [1.29, 1.82) is 0 Å². The lowest BCUT2D eigenvalue weighted by Crippen LogP contribution is -2.33. The van der Waals surface area contributed by atoms with Crippen molar-refractivity contribution < 1.29 is 23.7 Å². The predicted octanol–water partition coefficient (Wildman–Crippen LogP) is 7.67. The highest BCUT2D eigenvalue weighted by Gasteiger charge is 2.40. The molecular weight excluding hydrogens is 658 g/mol. The number of fused-ring (bicyclic) bond motifs is 2. The summed E-state index contributed by atoms with van der Waals surface area (Å²) in [6.07, 6.45) is 0. The first-order valence-corrected chi connectivity index (χ1v) is 19.2. The molecule has 0 unspecified atom stereocenters. The fraction of sp³-hybridized carbons (Fsp3) is 0.163. The fourth-order valence-electron chi connectivity index (χ4n) is 6.88. The minimum Gasteiger partial charge on any atom is -0.496 e. The average molecular weight is 699 g/mol. The van der Waals surface area contributed by atoms with Gasteiger partial charge in [-0.05, 0) is 40.1 Å². The molecule has 0 spiro atoms. The zero-order valence-corrected chi connectivity index (χ0v) is 30.9. The Balaban J connectivity index is 1.50. The molecule has 0 aromatic heterocycles. The van der Waals surface area contributed by atoms with Crippen molar-refractivity contribution in [1.82, 2.24) is 0 Å². The highest BCUT2D eigenvalue weighted by molar-refractivity contribution is 7.80. The van der Waals surface area contributed by atoms with Crippen LogP contribution in [0.1, 0.15) is 25.0 Å². The molecule has 0 fully saturated rings. The SMILES string of the molecule is COc1ccccc1P(c1ccccc1OC)c1cccc2c1Oc1c(P(c3ccccc3OC)c3ccccc3OC)cccc1C2(C)C. The smallest absolute Gasteiger partial charge is 0.139 e. The summed E-state index contributed by atoms with van der Waals surface area (Å²) < 4.78 is 31.3. The molecule has 6 aromatic carbocycles. The van der Waals surface area contributed by atoms with Gasteiger partial charge in [-0.15, -0.1) is 0 Å². The zero-order valence-electron chi connectivity index (χ0n) is 29.1. The molecule has 0 bridgehead atoms. The van der Waals surface area contributed by atoms with Gasteiger partial charge in [0.25, 0.3) is 0 Å². The second-order valence-corrected chi connectivity index (χ2v) is 16.6. The van der Waals surface area contributed by atoms with Gasteiger partial charge in [0.2, 0.25) is 0 Å². The number of methoxy groups -OCH3 is 4. The van der Waals surface area contributed by atoms with E-state index in [4.69, 9.17) is 23.7 Å². The maximum atomic E-state index is 7.39. The monoisotopic (exact) mass is 698 g/mol. The summed E-state index contributed by atoms with van der Waals surface area (Å²) in [5, 5.41) is 6.56. The van der Waals surface area contributed by atoms with Crippen LogP contribution < -0.4 is 55.5 Å². The van der Waals surface area contributed by atoms with E-state index in [1.54, 1.807) is 28.4 Å². The van der Waals surface area contributed by atoms with E-state index in [9.17, 15) is 0 Å². The summed E-state index contributed by atoms with van der Waals surface area (Å²) in [5.74, 6) is 5.05. The topological polar surface area (TPSA) is 46.2 Å². The molecule has 252 valence electrons. The van der Waals surface area contributed by atoms with E-state index >= 15 is 0 Å². The molecular formula is C43H40O5P2. The lowest BCUT2D eigenvalue weighted by Gasteiger charge is -2.38. The van der Waals surface area contributed by atoms with Crippen molar-refractivity contribution in [3.63, 3.8) is 0 Å². The number of rotatable bonds is 10. The lowest BCUT2D eigenvalue weighted by atomic mass is 9.76. The normalized spacial score (nSPS) is 12.9. The van der Waals surface area contributed by atoms with Gasteiger partial charge in [-0.25, -0.2) is 0 Å². The molecule has 0 radical (unpaired) electrons. The minimum absolute atomic E-state index is 0.375. The van der Waals surface area contributed by atoms with Crippen LogP contribution in [0, 0.1) is 0 Å². The van der Waals surface area contributed by atoms with E-state index < -0.39 is 15.8 Å². The molecule has 7 heteroatoms. The van der Waals surface area contributed by atoms with E-state index in [-0.39, 0.29) is 5.41 Å². The minimum atomic E-state index is -1.18.